The number of aromatic nitrogens is 4. The molecule has 0 aliphatic carbocycles. The molecule has 0 spiro atoms. The predicted molar refractivity (Wildman–Crippen MR) is 88.7 cm³/mol. The van der Waals surface area contributed by atoms with Crippen molar-refractivity contribution in [2.45, 2.75) is 0 Å². The molecule has 0 amide bonds. The molecule has 22 heavy (non-hydrogen) atoms. The number of fused-ring (bicyclic) bond motifs is 2. The van der Waals surface area contributed by atoms with Crippen molar-refractivity contribution in [1.29, 1.82) is 0 Å². The average Bonchev–Trinajstić information content (AvgIpc) is 3.00. The molecule has 4 heterocycles. The van der Waals surface area contributed by atoms with Gasteiger partial charge in [-0.2, -0.15) is 0 Å². The second-order valence-corrected chi connectivity index (χ2v) is 5.70. The molecule has 4 aromatic heterocycles. The normalized spacial score (nSPS) is 11.6. The van der Waals surface area contributed by atoms with E-state index < -0.39 is 0 Å². The molecule has 4 rings (SSSR count). The minimum Gasteiger partial charge on any atom is -0.306 e. The van der Waals surface area contributed by atoms with Crippen LogP contribution in [0.25, 0.3) is 33.3 Å². The number of nitrogens with one attached hydrogen (secondary N) is 1. The van der Waals surface area contributed by atoms with E-state index in [1.165, 1.54) is 0 Å². The summed E-state index contributed by atoms with van der Waals surface area (Å²) >= 11 is 1.65. The maximum Gasteiger partial charge on any atom is 0.259 e. The molecule has 0 unspecified atom stereocenters. The molecule has 0 aliphatic rings. The Morgan fingerprint density at radius 2 is 2.09 bits per heavy atom. The fourth-order valence-corrected chi connectivity index (χ4v) is 3.00. The summed E-state index contributed by atoms with van der Waals surface area (Å²) in [6.07, 6.45) is 8.61. The van der Waals surface area contributed by atoms with Gasteiger partial charge in [0.1, 0.15) is 5.82 Å². The minimum absolute atomic E-state index is 0.168. The van der Waals surface area contributed by atoms with Gasteiger partial charge in [0.05, 0.1) is 27.3 Å². The smallest absolute Gasteiger partial charge is 0.259 e. The second-order valence-electron chi connectivity index (χ2n) is 4.75. The topological polar surface area (TPSA) is 71.5 Å². The Morgan fingerprint density at radius 1 is 1.14 bits per heavy atom. The van der Waals surface area contributed by atoms with Gasteiger partial charge in [0, 0.05) is 12.4 Å². The zero-order valence-corrected chi connectivity index (χ0v) is 12.2. The summed E-state index contributed by atoms with van der Waals surface area (Å²) in [5.41, 5.74) is 2.37. The number of pyridine rings is 2. The molecule has 0 radical (unpaired) electrons. The summed E-state index contributed by atoms with van der Waals surface area (Å²) in [7, 11) is 0. The van der Waals surface area contributed by atoms with Gasteiger partial charge in [-0.1, -0.05) is 0 Å². The first kappa shape index (κ1) is 12.8. The van der Waals surface area contributed by atoms with Gasteiger partial charge < -0.3 is 4.98 Å². The number of rotatable bonds is 2. The number of aromatic amines is 1. The first-order chi connectivity index (χ1) is 10.8. The molecule has 6 heteroatoms. The summed E-state index contributed by atoms with van der Waals surface area (Å²) in [5, 5.41) is 2.55. The van der Waals surface area contributed by atoms with Crippen molar-refractivity contribution in [2.24, 2.45) is 0 Å². The van der Waals surface area contributed by atoms with Gasteiger partial charge in [-0.05, 0) is 41.3 Å². The van der Waals surface area contributed by atoms with Crippen LogP contribution in [0.5, 0.6) is 0 Å². The van der Waals surface area contributed by atoms with Crippen LogP contribution in [0.3, 0.4) is 0 Å². The zero-order valence-electron chi connectivity index (χ0n) is 11.4. The first-order valence-corrected chi connectivity index (χ1v) is 7.53. The van der Waals surface area contributed by atoms with Crippen molar-refractivity contribution < 1.29 is 0 Å². The molecule has 0 atom stereocenters. The Hall–Kier alpha value is -2.86. The lowest BCUT2D eigenvalue weighted by Gasteiger charge is -1.98. The van der Waals surface area contributed by atoms with E-state index in [0.717, 1.165) is 15.8 Å². The fourth-order valence-electron chi connectivity index (χ4n) is 2.22. The Balaban J connectivity index is 1.74. The van der Waals surface area contributed by atoms with E-state index in [4.69, 9.17) is 0 Å². The first-order valence-electron chi connectivity index (χ1n) is 6.65. The van der Waals surface area contributed by atoms with Crippen molar-refractivity contribution in [2.75, 3.05) is 0 Å². The van der Waals surface area contributed by atoms with Crippen LogP contribution in [0, 0.1) is 0 Å². The molecule has 0 bridgehead atoms. The largest absolute Gasteiger partial charge is 0.306 e. The molecule has 0 saturated carbocycles. The number of H-pyrrole nitrogens is 1. The van der Waals surface area contributed by atoms with Crippen LogP contribution in [0.2, 0.25) is 0 Å². The van der Waals surface area contributed by atoms with Gasteiger partial charge in [-0.3, -0.25) is 14.8 Å². The summed E-state index contributed by atoms with van der Waals surface area (Å²) in [5.74, 6) is 0.497. The highest BCUT2D eigenvalue weighted by Crippen LogP contribution is 2.20. The molecule has 106 valence electrons. The van der Waals surface area contributed by atoms with Crippen molar-refractivity contribution in [3.63, 3.8) is 0 Å². The molecule has 0 aliphatic heterocycles. The van der Waals surface area contributed by atoms with Crippen LogP contribution in [-0.2, 0) is 0 Å². The monoisotopic (exact) mass is 306 g/mol. The van der Waals surface area contributed by atoms with Crippen LogP contribution in [0.1, 0.15) is 11.4 Å². The predicted octanol–water partition coefficient (Wildman–Crippen LogP) is 3.10. The second kappa shape index (κ2) is 5.16. The third kappa shape index (κ3) is 2.29. The Morgan fingerprint density at radius 3 is 3.05 bits per heavy atom. The Kier molecular flexibility index (Phi) is 3.01. The lowest BCUT2D eigenvalue weighted by molar-refractivity contribution is 1.13. The molecular formula is C16H10N4OS. The van der Waals surface area contributed by atoms with Crippen LogP contribution in [0.15, 0.2) is 47.0 Å². The van der Waals surface area contributed by atoms with Crippen molar-refractivity contribution >= 4 is 44.6 Å². The van der Waals surface area contributed by atoms with E-state index in [1.54, 1.807) is 42.1 Å². The lowest BCUT2D eigenvalue weighted by atomic mass is 10.2. The number of hydrogen-bond acceptors (Lipinski definition) is 5. The molecule has 0 aromatic carbocycles. The van der Waals surface area contributed by atoms with Gasteiger partial charge in [-0.15, -0.1) is 11.3 Å². The van der Waals surface area contributed by atoms with Crippen molar-refractivity contribution in [3.8, 4) is 0 Å². The van der Waals surface area contributed by atoms with Gasteiger partial charge in [0.15, 0.2) is 0 Å². The maximum atomic E-state index is 12.0. The minimum atomic E-state index is -0.168. The van der Waals surface area contributed by atoms with E-state index in [2.05, 4.69) is 26.0 Å². The van der Waals surface area contributed by atoms with Gasteiger partial charge in [0.25, 0.3) is 5.56 Å². The van der Waals surface area contributed by atoms with E-state index >= 15 is 0 Å². The maximum absolute atomic E-state index is 12.0. The zero-order chi connectivity index (χ0) is 14.9. The molecule has 1 N–H and O–H groups in total. The van der Waals surface area contributed by atoms with Crippen LogP contribution in [0.4, 0.5) is 0 Å². The van der Waals surface area contributed by atoms with E-state index in [1.807, 2.05) is 17.5 Å². The number of nitrogens with zero attached hydrogens (tertiary/aromatic N) is 3. The Labute approximate surface area is 129 Å². The molecular weight excluding hydrogens is 296 g/mol. The summed E-state index contributed by atoms with van der Waals surface area (Å²) in [4.78, 5) is 27.5. The quantitative estimate of drug-likeness (QED) is 0.617. The summed E-state index contributed by atoms with van der Waals surface area (Å²) < 4.78 is 1.13. The van der Waals surface area contributed by atoms with E-state index in [0.29, 0.717) is 16.7 Å². The van der Waals surface area contributed by atoms with Gasteiger partial charge >= 0.3 is 0 Å². The Bertz CT molecular complexity index is 1060. The SMILES string of the molecule is O=c1[nH]c(/C=C/c2cnc3ccsc3c2)nc2cnccc12. The van der Waals surface area contributed by atoms with Crippen LogP contribution < -0.4 is 5.56 Å². The third-order valence-corrected chi connectivity index (χ3v) is 4.14. The van der Waals surface area contributed by atoms with E-state index in [-0.39, 0.29) is 5.56 Å². The molecule has 0 saturated heterocycles. The van der Waals surface area contributed by atoms with Gasteiger partial charge in [-0.25, -0.2) is 4.98 Å². The molecule has 5 nitrogen and oxygen atoms in total. The highest BCUT2D eigenvalue weighted by Gasteiger charge is 2.01. The number of hydrogen-bond donors (Lipinski definition) is 1. The molecule has 4 aromatic rings. The van der Waals surface area contributed by atoms with Crippen LogP contribution in [-0.4, -0.2) is 19.9 Å². The molecule has 0 fully saturated rings. The lowest BCUT2D eigenvalue weighted by Crippen LogP contribution is -2.09. The summed E-state index contributed by atoms with van der Waals surface area (Å²) in [6, 6.07) is 5.70. The highest BCUT2D eigenvalue weighted by atomic mass is 32.1. The third-order valence-electron chi connectivity index (χ3n) is 3.28. The van der Waals surface area contributed by atoms with E-state index in [9.17, 15) is 4.79 Å². The highest BCUT2D eigenvalue weighted by molar-refractivity contribution is 7.17. The average molecular weight is 306 g/mol. The van der Waals surface area contributed by atoms with Crippen molar-refractivity contribution in [3.05, 3.63) is 63.9 Å². The number of thiophene rings is 1. The van der Waals surface area contributed by atoms with Crippen molar-refractivity contribution in [1.82, 2.24) is 19.9 Å². The van der Waals surface area contributed by atoms with Crippen LogP contribution >= 0.6 is 11.3 Å². The standard InChI is InChI=1S/C16H10N4OS/c21-16-11-3-5-17-9-13(11)19-15(20-16)2-1-10-7-14-12(18-8-10)4-6-22-14/h1-9H,(H,19,20,21)/b2-1+. The van der Waals surface area contributed by atoms with Gasteiger partial charge in [0.2, 0.25) is 0 Å². The summed E-state index contributed by atoms with van der Waals surface area (Å²) in [6.45, 7) is 0. The fraction of sp³-hybridized carbons (Fsp3) is 0.